The predicted octanol–water partition coefficient (Wildman–Crippen LogP) is 3.53. The van der Waals surface area contributed by atoms with Crippen molar-refractivity contribution in [3.05, 3.63) is 22.8 Å². The number of hydrazone groups is 1. The molecule has 1 aliphatic carbocycles. The van der Waals surface area contributed by atoms with E-state index in [4.69, 9.17) is 40.2 Å². The van der Waals surface area contributed by atoms with E-state index in [2.05, 4.69) is 20.7 Å². The number of rotatable bonds is 6. The lowest BCUT2D eigenvalue weighted by molar-refractivity contribution is 0.114. The van der Waals surface area contributed by atoms with Gasteiger partial charge in [-0.25, -0.2) is 0 Å². The van der Waals surface area contributed by atoms with Crippen molar-refractivity contribution in [1.29, 1.82) is 0 Å². The fourth-order valence-electron chi connectivity index (χ4n) is 3.70. The Morgan fingerprint density at radius 2 is 2.26 bits per heavy atom. The van der Waals surface area contributed by atoms with Crippen LogP contribution in [0.25, 0.3) is 0 Å². The standard InChI is InChI=1S/C19H28Cl2N4OS/c20-17-7-3-8-18(21)16(17)13-25-9-2-1-5-14(25)11-23-24-19(27)22-12-15-6-4-10-26-15/h3,7,11,14-15,18H,1-2,4-6,8-10,12-13H2,(H2,22,24,27)/b23-11+. The van der Waals surface area contributed by atoms with Crippen molar-refractivity contribution in [2.45, 2.75) is 56.0 Å². The van der Waals surface area contributed by atoms with Gasteiger partial charge in [0, 0.05) is 37.0 Å². The topological polar surface area (TPSA) is 48.9 Å². The molecule has 8 heteroatoms. The molecular weight excluding hydrogens is 403 g/mol. The van der Waals surface area contributed by atoms with Crippen LogP contribution in [0.2, 0.25) is 0 Å². The summed E-state index contributed by atoms with van der Waals surface area (Å²) in [6.45, 7) is 3.39. The first-order chi connectivity index (χ1) is 13.1. The number of nitrogens with one attached hydrogen (secondary N) is 2. The van der Waals surface area contributed by atoms with E-state index in [1.165, 1.54) is 12.8 Å². The smallest absolute Gasteiger partial charge is 0.187 e. The van der Waals surface area contributed by atoms with Crippen LogP contribution in [-0.2, 0) is 4.74 Å². The summed E-state index contributed by atoms with van der Waals surface area (Å²) < 4.78 is 5.58. The van der Waals surface area contributed by atoms with Crippen LogP contribution in [0.5, 0.6) is 0 Å². The molecule has 2 fully saturated rings. The molecule has 0 aromatic heterocycles. The number of hydrogen-bond donors (Lipinski definition) is 2. The van der Waals surface area contributed by atoms with Gasteiger partial charge in [0.2, 0.25) is 0 Å². The van der Waals surface area contributed by atoms with Crippen molar-refractivity contribution in [3.63, 3.8) is 0 Å². The number of piperidine rings is 1. The third-order valence-electron chi connectivity index (χ3n) is 5.26. The largest absolute Gasteiger partial charge is 0.376 e. The van der Waals surface area contributed by atoms with Gasteiger partial charge in [0.1, 0.15) is 0 Å². The van der Waals surface area contributed by atoms with Gasteiger partial charge in [-0.05, 0) is 62.5 Å². The second-order valence-electron chi connectivity index (χ2n) is 7.25. The SMILES string of the molecule is S=C(NCC1CCCO1)N/N=C/C1CCCCN1CC1=C(Cl)C=CCC1Cl. The Kier molecular flexibility index (Phi) is 8.40. The van der Waals surface area contributed by atoms with Gasteiger partial charge >= 0.3 is 0 Å². The molecular formula is C19H28Cl2N4OS. The van der Waals surface area contributed by atoms with Gasteiger partial charge in [-0.3, -0.25) is 10.3 Å². The minimum atomic E-state index is -0.0188. The maximum Gasteiger partial charge on any atom is 0.187 e. The van der Waals surface area contributed by atoms with E-state index in [0.717, 1.165) is 62.5 Å². The van der Waals surface area contributed by atoms with Crippen molar-refractivity contribution >= 4 is 46.7 Å². The fourth-order valence-corrected chi connectivity index (χ4v) is 4.46. The Morgan fingerprint density at radius 1 is 1.37 bits per heavy atom. The summed E-state index contributed by atoms with van der Waals surface area (Å²) in [6, 6.07) is 0.263. The number of allylic oxidation sites excluding steroid dienone is 3. The molecule has 2 aliphatic heterocycles. The molecule has 2 N–H and O–H groups in total. The number of nitrogens with zero attached hydrogens (tertiary/aromatic N) is 2. The highest BCUT2D eigenvalue weighted by Crippen LogP contribution is 2.29. The molecule has 0 bridgehead atoms. The minimum absolute atomic E-state index is 0.0188. The molecule has 3 aliphatic rings. The quantitative estimate of drug-likeness (QED) is 0.292. The molecule has 0 saturated carbocycles. The highest BCUT2D eigenvalue weighted by atomic mass is 35.5. The molecule has 0 radical (unpaired) electrons. The minimum Gasteiger partial charge on any atom is -0.376 e. The Balaban J connectivity index is 1.48. The van der Waals surface area contributed by atoms with Gasteiger partial charge in [-0.1, -0.05) is 24.1 Å². The highest BCUT2D eigenvalue weighted by Gasteiger charge is 2.26. The Morgan fingerprint density at radius 3 is 3.04 bits per heavy atom. The molecule has 0 spiro atoms. The molecule has 3 unspecified atom stereocenters. The van der Waals surface area contributed by atoms with Gasteiger partial charge < -0.3 is 10.1 Å². The van der Waals surface area contributed by atoms with Crippen LogP contribution >= 0.6 is 35.4 Å². The van der Waals surface area contributed by atoms with Crippen LogP contribution in [0.3, 0.4) is 0 Å². The average molecular weight is 431 g/mol. The molecule has 27 heavy (non-hydrogen) atoms. The van der Waals surface area contributed by atoms with Gasteiger partial charge in [0.25, 0.3) is 0 Å². The monoisotopic (exact) mass is 430 g/mol. The molecule has 0 aromatic rings. The summed E-state index contributed by atoms with van der Waals surface area (Å²) in [5, 5.41) is 8.83. The first-order valence-electron chi connectivity index (χ1n) is 9.75. The van der Waals surface area contributed by atoms with Crippen LogP contribution in [0.1, 0.15) is 38.5 Å². The van der Waals surface area contributed by atoms with E-state index >= 15 is 0 Å². The van der Waals surface area contributed by atoms with E-state index in [0.29, 0.717) is 5.11 Å². The Labute approximate surface area is 177 Å². The van der Waals surface area contributed by atoms with Crippen LogP contribution in [0, 0.1) is 0 Å². The molecule has 2 saturated heterocycles. The summed E-state index contributed by atoms with van der Waals surface area (Å²) in [4.78, 5) is 2.41. The second-order valence-corrected chi connectivity index (χ2v) is 8.59. The summed E-state index contributed by atoms with van der Waals surface area (Å²) in [5.41, 5.74) is 4.04. The van der Waals surface area contributed by atoms with Crippen molar-refractivity contribution in [2.75, 3.05) is 26.2 Å². The van der Waals surface area contributed by atoms with Crippen LogP contribution in [0.4, 0.5) is 0 Å². The normalized spacial score (nSPS) is 29.5. The summed E-state index contributed by atoms with van der Waals surface area (Å²) in [6.07, 6.45) is 12.7. The number of ether oxygens (including phenoxy) is 1. The van der Waals surface area contributed by atoms with Crippen LogP contribution in [0.15, 0.2) is 27.9 Å². The number of alkyl halides is 1. The maximum absolute atomic E-state index is 6.48. The summed E-state index contributed by atoms with van der Waals surface area (Å²) in [7, 11) is 0. The molecule has 3 atom stereocenters. The molecule has 3 rings (SSSR count). The molecule has 5 nitrogen and oxygen atoms in total. The van der Waals surface area contributed by atoms with Gasteiger partial charge in [0.15, 0.2) is 5.11 Å². The zero-order valence-corrected chi connectivity index (χ0v) is 17.8. The summed E-state index contributed by atoms with van der Waals surface area (Å²) in [5.74, 6) is 0. The third kappa shape index (κ3) is 6.43. The third-order valence-corrected chi connectivity index (χ3v) is 6.30. The number of thiocarbonyl (C=S) groups is 1. The Bertz CT molecular complexity index is 605. The van der Waals surface area contributed by atoms with E-state index in [1.807, 2.05) is 18.4 Å². The lowest BCUT2D eigenvalue weighted by Crippen LogP contribution is -2.43. The van der Waals surface area contributed by atoms with E-state index in [9.17, 15) is 0 Å². The maximum atomic E-state index is 6.48. The van der Waals surface area contributed by atoms with Gasteiger partial charge in [-0.2, -0.15) is 5.10 Å². The summed E-state index contributed by atoms with van der Waals surface area (Å²) >= 11 is 18.1. The lowest BCUT2D eigenvalue weighted by Gasteiger charge is -2.35. The first kappa shape index (κ1) is 21.1. The van der Waals surface area contributed by atoms with Crippen molar-refractivity contribution in [3.8, 4) is 0 Å². The van der Waals surface area contributed by atoms with Gasteiger partial charge in [-0.15, -0.1) is 11.6 Å². The molecule has 0 amide bonds. The van der Waals surface area contributed by atoms with Crippen molar-refractivity contribution < 1.29 is 4.74 Å². The predicted molar refractivity (Wildman–Crippen MR) is 117 cm³/mol. The highest BCUT2D eigenvalue weighted by molar-refractivity contribution is 7.80. The molecule has 0 aromatic carbocycles. The average Bonchev–Trinajstić information content (AvgIpc) is 3.18. The van der Waals surface area contributed by atoms with Gasteiger partial charge in [0.05, 0.1) is 11.5 Å². The fraction of sp³-hybridized carbons (Fsp3) is 0.684. The number of halogens is 2. The zero-order valence-electron chi connectivity index (χ0n) is 15.5. The van der Waals surface area contributed by atoms with Crippen molar-refractivity contribution in [1.82, 2.24) is 15.6 Å². The van der Waals surface area contributed by atoms with Crippen LogP contribution in [-0.4, -0.2) is 60.0 Å². The van der Waals surface area contributed by atoms with E-state index in [1.54, 1.807) is 0 Å². The van der Waals surface area contributed by atoms with E-state index < -0.39 is 0 Å². The molecule has 2 heterocycles. The van der Waals surface area contributed by atoms with Crippen molar-refractivity contribution in [2.24, 2.45) is 5.10 Å². The Hall–Kier alpha value is -0.660. The second kappa shape index (κ2) is 10.8. The van der Waals surface area contributed by atoms with E-state index in [-0.39, 0.29) is 17.5 Å². The number of likely N-dealkylation sites (tertiary alicyclic amines) is 1. The lowest BCUT2D eigenvalue weighted by atomic mass is 9.99. The first-order valence-corrected chi connectivity index (χ1v) is 11.0. The zero-order chi connectivity index (χ0) is 19.1. The number of hydrogen-bond acceptors (Lipinski definition) is 4. The molecule has 150 valence electrons. The van der Waals surface area contributed by atoms with Crippen LogP contribution < -0.4 is 10.7 Å².